The number of nitrogen functional groups attached to an aromatic ring is 1. The van der Waals surface area contributed by atoms with Crippen molar-refractivity contribution in [2.45, 2.75) is 4.90 Å². The van der Waals surface area contributed by atoms with Gasteiger partial charge in [0.15, 0.2) is 0 Å². The Morgan fingerprint density at radius 3 is 2.27 bits per heavy atom. The Hall–Kier alpha value is -1.75. The maximum atomic E-state index is 12.0. The van der Waals surface area contributed by atoms with E-state index in [0.29, 0.717) is 5.69 Å². The van der Waals surface area contributed by atoms with E-state index in [1.54, 1.807) is 36.4 Å². The SMILES string of the molecule is Nc1ccn(S(=O)(=O)c2ccccc2)c1. The van der Waals surface area contributed by atoms with Crippen molar-refractivity contribution in [1.29, 1.82) is 0 Å². The van der Waals surface area contributed by atoms with Gasteiger partial charge in [0.05, 0.1) is 10.6 Å². The molecule has 0 saturated carbocycles. The summed E-state index contributed by atoms with van der Waals surface area (Å²) in [5, 5.41) is 0. The van der Waals surface area contributed by atoms with Gasteiger partial charge >= 0.3 is 0 Å². The summed E-state index contributed by atoms with van der Waals surface area (Å²) in [4.78, 5) is 0.251. The Kier molecular flexibility index (Phi) is 2.24. The van der Waals surface area contributed by atoms with Gasteiger partial charge in [-0.2, -0.15) is 0 Å². The highest BCUT2D eigenvalue weighted by Crippen LogP contribution is 2.14. The van der Waals surface area contributed by atoms with Gasteiger partial charge in [-0.25, -0.2) is 12.4 Å². The molecule has 0 aliphatic heterocycles. The Bertz CT molecular complexity index is 558. The summed E-state index contributed by atoms with van der Waals surface area (Å²) in [6.45, 7) is 0. The van der Waals surface area contributed by atoms with Crippen LogP contribution >= 0.6 is 0 Å². The predicted octanol–water partition coefficient (Wildman–Crippen LogP) is 1.31. The van der Waals surface area contributed by atoms with Crippen LogP contribution in [0.2, 0.25) is 0 Å². The lowest BCUT2D eigenvalue weighted by atomic mass is 10.4. The van der Waals surface area contributed by atoms with E-state index in [-0.39, 0.29) is 4.90 Å². The topological polar surface area (TPSA) is 65.1 Å². The molecule has 0 radical (unpaired) electrons. The largest absolute Gasteiger partial charge is 0.397 e. The first-order valence-electron chi connectivity index (χ1n) is 4.35. The van der Waals surface area contributed by atoms with E-state index in [1.807, 2.05) is 0 Å². The fraction of sp³-hybridized carbons (Fsp3) is 0. The predicted molar refractivity (Wildman–Crippen MR) is 57.9 cm³/mol. The number of nitrogens with zero attached hydrogens (tertiary/aromatic N) is 1. The minimum Gasteiger partial charge on any atom is -0.397 e. The van der Waals surface area contributed by atoms with Crippen molar-refractivity contribution < 1.29 is 8.42 Å². The maximum Gasteiger partial charge on any atom is 0.267 e. The van der Waals surface area contributed by atoms with Gasteiger partial charge in [-0.1, -0.05) is 18.2 Å². The minimum absolute atomic E-state index is 0.251. The summed E-state index contributed by atoms with van der Waals surface area (Å²) in [7, 11) is -3.48. The van der Waals surface area contributed by atoms with Crippen LogP contribution in [0.3, 0.4) is 0 Å². The Balaban J connectivity index is 2.54. The number of nitrogens with two attached hydrogens (primary N) is 1. The second-order valence-electron chi connectivity index (χ2n) is 3.09. The molecule has 1 heterocycles. The molecular weight excluding hydrogens is 212 g/mol. The molecule has 0 aliphatic rings. The molecule has 0 spiro atoms. The van der Waals surface area contributed by atoms with E-state index < -0.39 is 10.0 Å². The maximum absolute atomic E-state index is 12.0. The summed E-state index contributed by atoms with van der Waals surface area (Å²) in [5.41, 5.74) is 5.89. The highest BCUT2D eigenvalue weighted by Gasteiger charge is 2.15. The Labute approximate surface area is 88.0 Å². The number of rotatable bonds is 2. The van der Waals surface area contributed by atoms with Gasteiger partial charge in [0.25, 0.3) is 10.0 Å². The third-order valence-corrected chi connectivity index (χ3v) is 3.66. The summed E-state index contributed by atoms with van der Waals surface area (Å²) in [5.74, 6) is 0. The van der Waals surface area contributed by atoms with E-state index >= 15 is 0 Å². The second-order valence-corrected chi connectivity index (χ2v) is 4.94. The van der Waals surface area contributed by atoms with Crippen molar-refractivity contribution >= 4 is 15.7 Å². The highest BCUT2D eigenvalue weighted by atomic mass is 32.2. The van der Waals surface area contributed by atoms with E-state index in [9.17, 15) is 8.42 Å². The van der Waals surface area contributed by atoms with Gasteiger partial charge in [0.2, 0.25) is 0 Å². The van der Waals surface area contributed by atoms with Crippen molar-refractivity contribution in [2.24, 2.45) is 0 Å². The van der Waals surface area contributed by atoms with Crippen LogP contribution in [0.15, 0.2) is 53.7 Å². The lowest BCUT2D eigenvalue weighted by Crippen LogP contribution is -2.10. The fourth-order valence-electron chi connectivity index (χ4n) is 1.26. The monoisotopic (exact) mass is 222 g/mol. The summed E-state index contributed by atoms with van der Waals surface area (Å²) < 4.78 is 25.0. The van der Waals surface area contributed by atoms with E-state index in [4.69, 9.17) is 5.73 Å². The quantitative estimate of drug-likeness (QED) is 0.833. The molecule has 0 aliphatic carbocycles. The van der Waals surface area contributed by atoms with Crippen LogP contribution in [0.4, 0.5) is 5.69 Å². The molecule has 0 saturated heterocycles. The van der Waals surface area contributed by atoms with Gasteiger partial charge < -0.3 is 5.73 Å². The van der Waals surface area contributed by atoms with Crippen LogP contribution < -0.4 is 5.73 Å². The average molecular weight is 222 g/mol. The van der Waals surface area contributed by atoms with Crippen LogP contribution in [-0.2, 0) is 10.0 Å². The summed E-state index contributed by atoms with van der Waals surface area (Å²) in [6, 6.07) is 9.76. The zero-order valence-corrected chi connectivity index (χ0v) is 8.68. The van der Waals surface area contributed by atoms with Crippen LogP contribution in [0, 0.1) is 0 Å². The molecule has 78 valence electrons. The summed E-state index contributed by atoms with van der Waals surface area (Å²) >= 11 is 0. The number of hydrogen-bond donors (Lipinski definition) is 1. The number of anilines is 1. The Morgan fingerprint density at radius 2 is 1.73 bits per heavy atom. The van der Waals surface area contributed by atoms with Gasteiger partial charge in [-0.05, 0) is 18.2 Å². The smallest absolute Gasteiger partial charge is 0.267 e. The van der Waals surface area contributed by atoms with Crippen molar-refractivity contribution in [1.82, 2.24) is 3.97 Å². The molecule has 0 amide bonds. The third kappa shape index (κ3) is 1.73. The Morgan fingerprint density at radius 1 is 1.07 bits per heavy atom. The molecular formula is C10H10N2O2S. The third-order valence-electron chi connectivity index (χ3n) is 2.01. The minimum atomic E-state index is -3.48. The van der Waals surface area contributed by atoms with Crippen molar-refractivity contribution in [3.8, 4) is 0 Å². The van der Waals surface area contributed by atoms with E-state index in [2.05, 4.69) is 0 Å². The molecule has 2 aromatic rings. The molecule has 15 heavy (non-hydrogen) atoms. The number of hydrogen-bond acceptors (Lipinski definition) is 3. The lowest BCUT2D eigenvalue weighted by Gasteiger charge is -2.04. The van der Waals surface area contributed by atoms with Gasteiger partial charge in [0, 0.05) is 12.4 Å². The summed E-state index contributed by atoms with van der Waals surface area (Å²) in [6.07, 6.45) is 2.81. The van der Waals surface area contributed by atoms with Crippen LogP contribution in [0.1, 0.15) is 0 Å². The standard InChI is InChI=1S/C10H10N2O2S/c11-9-6-7-12(8-9)15(13,14)10-4-2-1-3-5-10/h1-8H,11H2. The lowest BCUT2D eigenvalue weighted by molar-refractivity contribution is 0.587. The van der Waals surface area contributed by atoms with Crippen molar-refractivity contribution in [2.75, 3.05) is 5.73 Å². The van der Waals surface area contributed by atoms with Crippen LogP contribution in [-0.4, -0.2) is 12.4 Å². The van der Waals surface area contributed by atoms with Gasteiger partial charge in [-0.15, -0.1) is 0 Å². The molecule has 1 aromatic carbocycles. The first-order valence-corrected chi connectivity index (χ1v) is 5.79. The van der Waals surface area contributed by atoms with Crippen LogP contribution in [0.25, 0.3) is 0 Å². The molecule has 1 aromatic heterocycles. The fourth-order valence-corrected chi connectivity index (χ4v) is 2.48. The molecule has 2 rings (SSSR count). The average Bonchev–Trinajstić information content (AvgIpc) is 2.67. The van der Waals surface area contributed by atoms with Crippen LogP contribution in [0.5, 0.6) is 0 Å². The second kappa shape index (κ2) is 3.43. The molecule has 4 nitrogen and oxygen atoms in total. The zero-order valence-electron chi connectivity index (χ0n) is 7.87. The van der Waals surface area contributed by atoms with Crippen molar-refractivity contribution in [3.63, 3.8) is 0 Å². The first-order chi connectivity index (χ1) is 7.10. The number of benzene rings is 1. The van der Waals surface area contributed by atoms with E-state index in [0.717, 1.165) is 3.97 Å². The highest BCUT2D eigenvalue weighted by molar-refractivity contribution is 7.90. The molecule has 2 N–H and O–H groups in total. The molecule has 0 atom stereocenters. The molecule has 0 fully saturated rings. The first kappa shape index (κ1) is 9.79. The normalized spacial score (nSPS) is 11.5. The zero-order chi connectivity index (χ0) is 10.9. The van der Waals surface area contributed by atoms with Gasteiger partial charge in [-0.3, -0.25) is 0 Å². The van der Waals surface area contributed by atoms with Gasteiger partial charge in [0.1, 0.15) is 0 Å². The molecule has 5 heteroatoms. The number of aromatic nitrogens is 1. The van der Waals surface area contributed by atoms with Crippen molar-refractivity contribution in [3.05, 3.63) is 48.8 Å². The molecule has 0 bridgehead atoms. The molecule has 0 unspecified atom stereocenters. The van der Waals surface area contributed by atoms with E-state index in [1.165, 1.54) is 12.4 Å².